The molecule has 0 radical (unpaired) electrons. The molecule has 3 rings (SSSR count). The third-order valence-electron chi connectivity index (χ3n) is 3.63. The number of aromatic amines is 1. The summed E-state index contributed by atoms with van der Waals surface area (Å²) < 4.78 is 6.26. The van der Waals surface area contributed by atoms with Crippen molar-refractivity contribution in [3.05, 3.63) is 76.2 Å². The zero-order chi connectivity index (χ0) is 18.5. The van der Waals surface area contributed by atoms with E-state index in [0.29, 0.717) is 5.69 Å². The molecule has 0 unspecified atom stereocenters. The summed E-state index contributed by atoms with van der Waals surface area (Å²) in [6, 6.07) is 15.3. The zero-order valence-electron chi connectivity index (χ0n) is 14.0. The van der Waals surface area contributed by atoms with Crippen molar-refractivity contribution in [2.24, 2.45) is 4.99 Å². The van der Waals surface area contributed by atoms with Crippen LogP contribution in [0.25, 0.3) is 5.69 Å². The number of hydrogen-bond acceptors (Lipinski definition) is 5. The van der Waals surface area contributed by atoms with Crippen LogP contribution in [0.3, 0.4) is 0 Å². The maximum atomic E-state index is 12.8. The number of aromatic hydroxyl groups is 1. The molecule has 7 nitrogen and oxygen atoms in total. The van der Waals surface area contributed by atoms with Crippen LogP contribution in [0.15, 0.2) is 64.4 Å². The van der Waals surface area contributed by atoms with Crippen molar-refractivity contribution in [2.75, 3.05) is 6.61 Å². The van der Waals surface area contributed by atoms with E-state index in [4.69, 9.17) is 4.74 Å². The van der Waals surface area contributed by atoms with E-state index in [0.717, 1.165) is 0 Å². The van der Waals surface area contributed by atoms with Gasteiger partial charge in [0.25, 0.3) is 5.56 Å². The Bertz CT molecular complexity index is 1000. The van der Waals surface area contributed by atoms with Crippen molar-refractivity contribution >= 4 is 17.9 Å². The highest BCUT2D eigenvalue weighted by molar-refractivity contribution is 5.98. The normalized spacial score (nSPS) is 11.0. The first-order chi connectivity index (χ1) is 12.6. The van der Waals surface area contributed by atoms with Crippen LogP contribution in [0.5, 0.6) is 5.75 Å². The minimum Gasteiger partial charge on any atom is -0.506 e. The topological polar surface area (TPSA) is 96.7 Å². The van der Waals surface area contributed by atoms with Gasteiger partial charge in [0, 0.05) is 6.21 Å². The van der Waals surface area contributed by atoms with Gasteiger partial charge in [0.15, 0.2) is 5.69 Å². The van der Waals surface area contributed by atoms with Gasteiger partial charge in [0.2, 0.25) is 0 Å². The molecular formula is C19H17N3O4. The summed E-state index contributed by atoms with van der Waals surface area (Å²) in [6.07, 6.45) is 1.25. The molecular weight excluding hydrogens is 334 g/mol. The summed E-state index contributed by atoms with van der Waals surface area (Å²) in [5.41, 5.74) is 0.466. The van der Waals surface area contributed by atoms with Crippen LogP contribution in [0.4, 0.5) is 5.69 Å². The number of benzene rings is 2. The zero-order valence-corrected chi connectivity index (χ0v) is 14.0. The van der Waals surface area contributed by atoms with E-state index >= 15 is 0 Å². The van der Waals surface area contributed by atoms with Crippen LogP contribution < -0.4 is 5.56 Å². The molecule has 0 fully saturated rings. The molecule has 0 saturated carbocycles. The number of para-hydroxylation sites is 3. The molecule has 7 heteroatoms. The highest BCUT2D eigenvalue weighted by Crippen LogP contribution is 2.24. The number of nitrogens with one attached hydrogen (secondary N) is 1. The average molecular weight is 351 g/mol. The van der Waals surface area contributed by atoms with E-state index in [1.54, 1.807) is 49.4 Å². The largest absolute Gasteiger partial charge is 0.506 e. The summed E-state index contributed by atoms with van der Waals surface area (Å²) in [5.74, 6) is -0.682. The van der Waals surface area contributed by atoms with Crippen molar-refractivity contribution in [1.82, 2.24) is 9.78 Å². The Kier molecular flexibility index (Phi) is 4.98. The number of H-pyrrole nitrogens is 1. The van der Waals surface area contributed by atoms with Crippen molar-refractivity contribution in [3.63, 3.8) is 0 Å². The average Bonchev–Trinajstić information content (AvgIpc) is 2.99. The second kappa shape index (κ2) is 7.52. The van der Waals surface area contributed by atoms with Crippen molar-refractivity contribution < 1.29 is 14.6 Å². The maximum absolute atomic E-state index is 12.8. The Morgan fingerprint density at radius 3 is 2.58 bits per heavy atom. The molecule has 0 spiro atoms. The van der Waals surface area contributed by atoms with Gasteiger partial charge in [-0.25, -0.2) is 9.48 Å². The summed E-state index contributed by atoms with van der Waals surface area (Å²) in [7, 11) is 0. The van der Waals surface area contributed by atoms with Gasteiger partial charge >= 0.3 is 5.97 Å². The van der Waals surface area contributed by atoms with E-state index < -0.39 is 11.5 Å². The molecule has 0 aliphatic rings. The molecule has 132 valence electrons. The second-order valence-electron chi connectivity index (χ2n) is 5.34. The van der Waals surface area contributed by atoms with E-state index in [9.17, 15) is 14.7 Å². The predicted molar refractivity (Wildman–Crippen MR) is 97.7 cm³/mol. The lowest BCUT2D eigenvalue weighted by Crippen LogP contribution is -2.17. The van der Waals surface area contributed by atoms with E-state index in [2.05, 4.69) is 10.1 Å². The molecule has 0 saturated heterocycles. The monoisotopic (exact) mass is 351 g/mol. The Morgan fingerprint density at radius 1 is 1.19 bits per heavy atom. The van der Waals surface area contributed by atoms with E-state index in [1.165, 1.54) is 17.0 Å². The minimum atomic E-state index is -0.655. The van der Waals surface area contributed by atoms with Crippen molar-refractivity contribution in [3.8, 4) is 11.4 Å². The van der Waals surface area contributed by atoms with Crippen LogP contribution >= 0.6 is 0 Å². The third kappa shape index (κ3) is 3.41. The molecule has 3 aromatic rings. The predicted octanol–water partition coefficient (Wildman–Crippen LogP) is 2.80. The molecule has 26 heavy (non-hydrogen) atoms. The molecule has 0 bridgehead atoms. The van der Waals surface area contributed by atoms with Crippen LogP contribution in [-0.2, 0) is 4.74 Å². The first-order valence-corrected chi connectivity index (χ1v) is 8.01. The second-order valence-corrected chi connectivity index (χ2v) is 5.34. The maximum Gasteiger partial charge on any atom is 0.357 e. The Balaban J connectivity index is 2.10. The summed E-state index contributed by atoms with van der Waals surface area (Å²) >= 11 is 0. The summed E-state index contributed by atoms with van der Waals surface area (Å²) in [5, 5.41) is 12.6. The quantitative estimate of drug-likeness (QED) is 0.546. The number of carbonyl (C=O) groups is 1. The molecule has 0 aliphatic carbocycles. The van der Waals surface area contributed by atoms with Gasteiger partial charge in [-0.3, -0.25) is 14.9 Å². The smallest absolute Gasteiger partial charge is 0.357 e. The number of hydrogen-bond donors (Lipinski definition) is 2. The molecule has 2 N–H and O–H groups in total. The SMILES string of the molecule is CCOC(=O)c1[nH]n(-c2ccccc2)c(=O)c1C=Nc1ccccc1O. The van der Waals surface area contributed by atoms with Crippen LogP contribution in [-0.4, -0.2) is 33.7 Å². The van der Waals surface area contributed by atoms with Crippen molar-refractivity contribution in [2.45, 2.75) is 6.92 Å². The molecule has 0 aliphatic heterocycles. The van der Waals surface area contributed by atoms with Gasteiger partial charge in [0.05, 0.1) is 17.9 Å². The summed E-state index contributed by atoms with van der Waals surface area (Å²) in [4.78, 5) is 29.1. The lowest BCUT2D eigenvalue weighted by Gasteiger charge is -2.01. The fraction of sp³-hybridized carbons (Fsp3) is 0.105. The van der Waals surface area contributed by atoms with Gasteiger partial charge in [-0.2, -0.15) is 0 Å². The molecule has 2 aromatic carbocycles. The number of ether oxygens (including phenoxy) is 1. The third-order valence-corrected chi connectivity index (χ3v) is 3.63. The number of aliphatic imine (C=N–C) groups is 1. The van der Waals surface area contributed by atoms with Gasteiger partial charge in [-0.05, 0) is 31.2 Å². The number of rotatable bonds is 5. The Hall–Kier alpha value is -3.61. The highest BCUT2D eigenvalue weighted by atomic mass is 16.5. The number of esters is 1. The van der Waals surface area contributed by atoms with Crippen LogP contribution in [0, 0.1) is 0 Å². The standard InChI is InChI=1S/C19H17N3O4/c1-2-26-19(25)17-14(12-20-15-10-6-7-11-16(15)23)18(24)22(21-17)13-8-4-3-5-9-13/h3-12,21,23H,2H2,1H3. The first-order valence-electron chi connectivity index (χ1n) is 8.01. The van der Waals surface area contributed by atoms with Gasteiger partial charge in [-0.15, -0.1) is 0 Å². The highest BCUT2D eigenvalue weighted by Gasteiger charge is 2.20. The summed E-state index contributed by atoms with van der Waals surface area (Å²) in [6.45, 7) is 1.85. The molecule has 1 aromatic heterocycles. The van der Waals surface area contributed by atoms with Gasteiger partial charge < -0.3 is 9.84 Å². The molecule has 0 amide bonds. The van der Waals surface area contributed by atoms with Crippen LogP contribution in [0.1, 0.15) is 23.0 Å². The number of nitrogens with zero attached hydrogens (tertiary/aromatic N) is 2. The number of phenolic OH excluding ortho intramolecular Hbond substituents is 1. The number of carbonyl (C=O) groups excluding carboxylic acids is 1. The Morgan fingerprint density at radius 2 is 1.88 bits per heavy atom. The lowest BCUT2D eigenvalue weighted by molar-refractivity contribution is 0.0519. The lowest BCUT2D eigenvalue weighted by atomic mass is 10.2. The molecule has 1 heterocycles. The molecule has 0 atom stereocenters. The number of aromatic nitrogens is 2. The number of phenols is 1. The fourth-order valence-corrected chi connectivity index (χ4v) is 2.40. The Labute approximate surface area is 149 Å². The minimum absolute atomic E-state index is 0.000117. The fourth-order valence-electron chi connectivity index (χ4n) is 2.40. The van der Waals surface area contributed by atoms with Crippen molar-refractivity contribution in [1.29, 1.82) is 0 Å². The van der Waals surface area contributed by atoms with Gasteiger partial charge in [0.1, 0.15) is 11.4 Å². The van der Waals surface area contributed by atoms with E-state index in [-0.39, 0.29) is 29.3 Å². The van der Waals surface area contributed by atoms with E-state index in [1.807, 2.05) is 6.07 Å². The van der Waals surface area contributed by atoms with Gasteiger partial charge in [-0.1, -0.05) is 30.3 Å². The first kappa shape index (κ1) is 17.2. The van der Waals surface area contributed by atoms with Crippen LogP contribution in [0.2, 0.25) is 0 Å².